The number of methoxy groups -OCH3 is 2. The number of phenolic OH excluding ortho intramolecular Hbond substituents is 2. The molecule has 3 aliphatic rings. The van der Waals surface area contributed by atoms with E-state index >= 15 is 0 Å². The number of amides is 4. The molecule has 4 amide bonds. The second-order valence-electron chi connectivity index (χ2n) is 29.7. The van der Waals surface area contributed by atoms with Crippen LogP contribution in [-0.2, 0) is 94.8 Å². The molecule has 31 heteroatoms. The molecular formula is C90H96N20O11. The van der Waals surface area contributed by atoms with Gasteiger partial charge in [0.2, 0.25) is 0 Å². The summed E-state index contributed by atoms with van der Waals surface area (Å²) in [5.74, 6) is 1.61. The number of rotatable bonds is 26. The van der Waals surface area contributed by atoms with Gasteiger partial charge < -0.3 is 48.8 Å². The van der Waals surface area contributed by atoms with Crippen molar-refractivity contribution in [3.8, 4) is 68.0 Å². The SMILES string of the molecule is COC(=O)[C@H]1CCC[C@H](Oc2ccc(-c3nnn(C)c3Cn3ccn(Cc4ccccc4)c3=O)cc2)C1.COCOc1ccc(-c2nnn(C)c2CN2CCN(Cc3ccccc3)C2=O)cc1.Cn1nnc(-c2ccc(O)cc2)c1CN1CCN(Cc2ccccc2)C1=O.Cn1nnc(-c2ccc(O)cc2)c1Cn1ccn(Cc2ccccc2)c1=O. The average Bonchev–Trinajstić information content (AvgIpc) is 1.68. The number of aryl methyl sites for hydroxylation is 4. The molecule has 2 atom stereocenters. The van der Waals surface area contributed by atoms with Crippen molar-refractivity contribution in [3.63, 3.8) is 0 Å². The molecule has 0 bridgehead atoms. The van der Waals surface area contributed by atoms with Gasteiger partial charge in [0.25, 0.3) is 0 Å². The number of hydrogen-bond donors (Lipinski definition) is 2. The summed E-state index contributed by atoms with van der Waals surface area (Å²) in [4.78, 5) is 70.8. The lowest BCUT2D eigenvalue weighted by Crippen LogP contribution is -2.31. The molecule has 2 N–H and O–H groups in total. The second kappa shape index (κ2) is 39.2. The van der Waals surface area contributed by atoms with Gasteiger partial charge in [-0.15, -0.1) is 20.4 Å². The van der Waals surface area contributed by atoms with E-state index in [4.69, 9.17) is 18.9 Å². The van der Waals surface area contributed by atoms with E-state index in [-0.39, 0.29) is 59.7 Å². The van der Waals surface area contributed by atoms with E-state index in [0.717, 1.165) is 115 Å². The van der Waals surface area contributed by atoms with Crippen LogP contribution in [0, 0.1) is 5.92 Å². The van der Waals surface area contributed by atoms with Crippen LogP contribution in [0.1, 0.15) is 70.7 Å². The maximum Gasteiger partial charge on any atom is 0.328 e. The maximum absolute atomic E-state index is 13.0. The predicted octanol–water partition coefficient (Wildman–Crippen LogP) is 11.4. The highest BCUT2D eigenvalue weighted by atomic mass is 16.7. The molecule has 14 aromatic rings. The third-order valence-electron chi connectivity index (χ3n) is 21.5. The molecule has 8 heterocycles. The highest BCUT2D eigenvalue weighted by molar-refractivity contribution is 5.78. The third-order valence-corrected chi connectivity index (χ3v) is 21.5. The number of aromatic hydroxyl groups is 2. The largest absolute Gasteiger partial charge is 0.508 e. The Labute approximate surface area is 698 Å². The first-order valence-corrected chi connectivity index (χ1v) is 39.8. The van der Waals surface area contributed by atoms with Gasteiger partial charge in [-0.05, 0) is 145 Å². The summed E-state index contributed by atoms with van der Waals surface area (Å²) in [6, 6.07) is 68.9. The lowest BCUT2D eigenvalue weighted by Gasteiger charge is -2.28. The fourth-order valence-electron chi connectivity index (χ4n) is 14.8. The molecule has 1 saturated carbocycles. The summed E-state index contributed by atoms with van der Waals surface area (Å²) in [7, 11) is 10.3. The molecule has 8 aromatic carbocycles. The van der Waals surface area contributed by atoms with E-state index in [1.54, 1.807) is 124 Å². The van der Waals surface area contributed by atoms with Crippen molar-refractivity contribution >= 4 is 18.0 Å². The topological polar surface area (TPSA) is 318 Å². The first-order chi connectivity index (χ1) is 58.9. The van der Waals surface area contributed by atoms with Crippen molar-refractivity contribution in [2.75, 3.05) is 47.2 Å². The zero-order valence-corrected chi connectivity index (χ0v) is 68.3. The number of esters is 1. The van der Waals surface area contributed by atoms with Crippen LogP contribution >= 0.6 is 0 Å². The van der Waals surface area contributed by atoms with Gasteiger partial charge in [-0.1, -0.05) is 142 Å². The summed E-state index contributed by atoms with van der Waals surface area (Å²) in [5.41, 5.74) is 14.1. The zero-order chi connectivity index (χ0) is 84.3. The Morgan fingerprint density at radius 3 is 1.04 bits per heavy atom. The summed E-state index contributed by atoms with van der Waals surface area (Å²) < 4.78 is 35.0. The highest BCUT2D eigenvalue weighted by Gasteiger charge is 2.33. The van der Waals surface area contributed by atoms with Crippen LogP contribution in [0.15, 0.2) is 253 Å². The molecule has 0 unspecified atom stereocenters. The van der Waals surface area contributed by atoms with Crippen LogP contribution in [0.3, 0.4) is 0 Å². The first kappa shape index (κ1) is 83.0. The summed E-state index contributed by atoms with van der Waals surface area (Å²) in [5, 5.41) is 52.8. The van der Waals surface area contributed by atoms with E-state index in [1.807, 2.05) is 211 Å². The van der Waals surface area contributed by atoms with Crippen molar-refractivity contribution in [2.45, 2.75) is 84.1 Å². The number of carbonyl (C=O) groups is 3. The van der Waals surface area contributed by atoms with E-state index < -0.39 is 0 Å². The van der Waals surface area contributed by atoms with Gasteiger partial charge in [0.1, 0.15) is 45.8 Å². The molecule has 2 saturated heterocycles. The summed E-state index contributed by atoms with van der Waals surface area (Å²) in [6.45, 7) is 6.88. The van der Waals surface area contributed by atoms with Crippen molar-refractivity contribution in [1.82, 2.24) is 97.8 Å². The molecule has 2 aliphatic heterocycles. The smallest absolute Gasteiger partial charge is 0.328 e. The molecule has 17 rings (SSSR count). The van der Waals surface area contributed by atoms with Gasteiger partial charge in [0, 0.05) is 122 Å². The molecule has 6 aromatic heterocycles. The number of nitrogens with zero attached hydrogens (tertiary/aromatic N) is 20. The Morgan fingerprint density at radius 2 is 0.694 bits per heavy atom. The molecule has 1 aliphatic carbocycles. The van der Waals surface area contributed by atoms with Crippen molar-refractivity contribution in [1.29, 1.82) is 0 Å². The Hall–Kier alpha value is -14.5. The predicted molar refractivity (Wildman–Crippen MR) is 452 cm³/mol. The Balaban J connectivity index is 0.000000133. The molecule has 31 nitrogen and oxygen atoms in total. The molecule has 121 heavy (non-hydrogen) atoms. The molecule has 3 fully saturated rings. The number of imidazole rings is 2. The van der Waals surface area contributed by atoms with Crippen LogP contribution in [0.4, 0.5) is 9.59 Å². The fourth-order valence-corrected chi connectivity index (χ4v) is 14.8. The zero-order valence-electron chi connectivity index (χ0n) is 68.3. The minimum atomic E-state index is -0.159. The Bertz CT molecular complexity index is 5870. The number of ether oxygens (including phenoxy) is 4. The van der Waals surface area contributed by atoms with Gasteiger partial charge in [-0.3, -0.25) is 23.1 Å². The van der Waals surface area contributed by atoms with Gasteiger partial charge in [0.15, 0.2) is 6.79 Å². The van der Waals surface area contributed by atoms with Crippen molar-refractivity contribution in [2.24, 2.45) is 34.1 Å². The minimum Gasteiger partial charge on any atom is -0.508 e. The molecule has 0 radical (unpaired) electrons. The standard InChI is InChI=1S/C28H31N5O4.C22H25N5O3.C20H21N5O2.C20H19N5O2/c1-31-25(19-33-16-15-32(28(33)35)18-20-7-4-3-5-8-20)26(29-30-31)21-11-13-23(14-12-21)37-24-10-6-9-22(17-24)27(34)36-2;1-25-20(21(23-24-25)18-8-10-19(11-9-18)30-16-29-2)15-27-13-12-26(22(27)28)14-17-6-4-3-5-7-17;2*1-23-18(19(21-22-23)16-7-9-17(26)10-8-16)14-25-12-11-24(20(25)27)13-15-5-3-2-4-6-15/h3-5,7-8,11-16,22,24H,6,9-10,17-19H2,1-2H3;3-11H,12-16H2,1-2H3;2-10,26H,11-14H2,1H3;2-12,26H,13-14H2,1H3/t22-,24-;;;/m0.../s1. The quantitative estimate of drug-likeness (QED) is 0.0376. The second-order valence-corrected chi connectivity index (χ2v) is 29.7. The van der Waals surface area contributed by atoms with Crippen LogP contribution < -0.4 is 20.9 Å². The molecule has 622 valence electrons. The van der Waals surface area contributed by atoms with Gasteiger partial charge in [-0.25, -0.2) is 37.9 Å². The summed E-state index contributed by atoms with van der Waals surface area (Å²) >= 11 is 0. The van der Waals surface area contributed by atoms with Gasteiger partial charge in [-0.2, -0.15) is 0 Å². The van der Waals surface area contributed by atoms with Crippen molar-refractivity contribution < 1.29 is 43.5 Å². The fraction of sp³-hybridized carbons (Fsp3) is 0.278. The van der Waals surface area contributed by atoms with E-state index in [9.17, 15) is 34.2 Å². The van der Waals surface area contributed by atoms with Crippen LogP contribution in [0.2, 0.25) is 0 Å². The highest BCUT2D eigenvalue weighted by Crippen LogP contribution is 2.33. The van der Waals surface area contributed by atoms with Crippen LogP contribution in [-0.4, -0.2) is 179 Å². The van der Waals surface area contributed by atoms with Gasteiger partial charge in [0.05, 0.1) is 81.2 Å². The first-order valence-electron chi connectivity index (χ1n) is 39.8. The third kappa shape index (κ3) is 20.7. The normalized spacial score (nSPS) is 14.4. The minimum absolute atomic E-state index is 0.0115. The number of hydrogen-bond acceptors (Lipinski definition) is 19. The number of phenols is 2. The van der Waals surface area contributed by atoms with E-state index in [1.165, 1.54) is 7.11 Å². The maximum atomic E-state index is 13.0. The number of aromatic nitrogens is 16. The van der Waals surface area contributed by atoms with Crippen LogP contribution in [0.5, 0.6) is 23.0 Å². The molecule has 0 spiro atoms. The monoisotopic (exact) mass is 1630 g/mol. The number of carbonyl (C=O) groups excluding carboxylic acids is 3. The summed E-state index contributed by atoms with van der Waals surface area (Å²) in [6.07, 6.45) is 10.5. The lowest BCUT2D eigenvalue weighted by molar-refractivity contribution is -0.147. The number of benzene rings is 8. The van der Waals surface area contributed by atoms with E-state index in [2.05, 4.69) is 41.2 Å². The molecular weight excluding hydrogens is 1540 g/mol. The Morgan fingerprint density at radius 1 is 0.380 bits per heavy atom. The van der Waals surface area contributed by atoms with Crippen molar-refractivity contribution in [3.05, 3.63) is 309 Å². The van der Waals surface area contributed by atoms with E-state index in [0.29, 0.717) is 90.7 Å². The van der Waals surface area contributed by atoms with Gasteiger partial charge >= 0.3 is 29.4 Å². The van der Waals surface area contributed by atoms with Crippen LogP contribution in [0.25, 0.3) is 45.0 Å². The lowest BCUT2D eigenvalue weighted by atomic mass is 9.87. The number of urea groups is 2. The average molecular weight is 1630 g/mol. The Kier molecular flexibility index (Phi) is 26.9.